The molecule has 1 aliphatic carbocycles. The second kappa shape index (κ2) is 13.2. The van der Waals surface area contributed by atoms with Crippen molar-refractivity contribution in [1.29, 1.82) is 0 Å². The summed E-state index contributed by atoms with van der Waals surface area (Å²) in [7, 11) is 2.59. The lowest BCUT2D eigenvalue weighted by atomic mass is 9.83. The molecule has 1 aliphatic heterocycles. The number of nitrogens with zero attached hydrogens (tertiary/aromatic N) is 2. The van der Waals surface area contributed by atoms with E-state index in [1.54, 1.807) is 25.1 Å². The van der Waals surface area contributed by atoms with Gasteiger partial charge in [-0.25, -0.2) is 9.59 Å². The van der Waals surface area contributed by atoms with Gasteiger partial charge in [0.15, 0.2) is 0 Å². The van der Waals surface area contributed by atoms with Crippen LogP contribution in [0.25, 0.3) is 0 Å². The molecular weight excluding hydrogens is 519 g/mol. The van der Waals surface area contributed by atoms with Gasteiger partial charge < -0.3 is 19.7 Å². The molecular formula is C27H36F3N3O6. The molecule has 1 heterocycles. The van der Waals surface area contributed by atoms with Crippen LogP contribution in [0.2, 0.25) is 0 Å². The van der Waals surface area contributed by atoms with E-state index in [9.17, 15) is 32.3 Å². The van der Waals surface area contributed by atoms with Crippen LogP contribution in [0.1, 0.15) is 56.6 Å². The number of amides is 3. The van der Waals surface area contributed by atoms with E-state index in [4.69, 9.17) is 9.47 Å². The molecule has 1 saturated carbocycles. The number of urea groups is 1. The number of rotatable bonds is 7. The lowest BCUT2D eigenvalue weighted by molar-refractivity contribution is -0.185. The minimum absolute atomic E-state index is 0.0598. The quantitative estimate of drug-likeness (QED) is 0.514. The minimum atomic E-state index is -4.94. The second-order valence-electron chi connectivity index (χ2n) is 10.1. The molecule has 1 unspecified atom stereocenters. The molecule has 12 heteroatoms. The number of hydrogen-bond donors (Lipinski definition) is 1. The number of carbonyl (C=O) groups is 4. The Morgan fingerprint density at radius 2 is 1.67 bits per heavy atom. The Balaban J connectivity index is 1.72. The largest absolute Gasteiger partial charge is 0.471 e. The van der Waals surface area contributed by atoms with Crippen LogP contribution >= 0.6 is 0 Å². The maximum Gasteiger partial charge on any atom is 0.471 e. The summed E-state index contributed by atoms with van der Waals surface area (Å²) < 4.78 is 48.4. The first-order chi connectivity index (χ1) is 18.4. The van der Waals surface area contributed by atoms with E-state index in [1.165, 1.54) is 19.1 Å². The molecule has 39 heavy (non-hydrogen) atoms. The summed E-state index contributed by atoms with van der Waals surface area (Å²) in [6.45, 7) is 1.38. The smallest absolute Gasteiger partial charge is 0.469 e. The predicted molar refractivity (Wildman–Crippen MR) is 136 cm³/mol. The van der Waals surface area contributed by atoms with Gasteiger partial charge in [-0.3, -0.25) is 14.5 Å². The summed E-state index contributed by atoms with van der Waals surface area (Å²) in [5, 5.41) is 3.01. The number of methoxy groups -OCH3 is 2. The molecule has 1 atom stereocenters. The van der Waals surface area contributed by atoms with Crippen LogP contribution in [0.4, 0.5) is 23.7 Å². The van der Waals surface area contributed by atoms with E-state index in [1.807, 2.05) is 0 Å². The SMILES string of the molecule is COC(=O)CCC1CCC(NC(=O)N(c2ccc3c(c2)CCN(C(=O)C(F)(F)F)CC3)C(C)C(=O)OC)CC1. The third kappa shape index (κ3) is 7.86. The highest BCUT2D eigenvalue weighted by atomic mass is 19.4. The van der Waals surface area contributed by atoms with Crippen LogP contribution < -0.4 is 10.2 Å². The number of halogens is 3. The first-order valence-corrected chi connectivity index (χ1v) is 13.2. The van der Waals surface area contributed by atoms with Crippen molar-refractivity contribution < 1.29 is 41.8 Å². The van der Waals surface area contributed by atoms with Crippen LogP contribution in [0.15, 0.2) is 18.2 Å². The van der Waals surface area contributed by atoms with Crippen LogP contribution in [-0.2, 0) is 36.7 Å². The van der Waals surface area contributed by atoms with Crippen LogP contribution in [0.3, 0.4) is 0 Å². The zero-order valence-corrected chi connectivity index (χ0v) is 22.5. The number of nitrogens with one attached hydrogen (secondary N) is 1. The van der Waals surface area contributed by atoms with E-state index in [0.29, 0.717) is 23.6 Å². The summed E-state index contributed by atoms with van der Waals surface area (Å²) >= 11 is 0. The highest BCUT2D eigenvalue weighted by Gasteiger charge is 2.42. The van der Waals surface area contributed by atoms with Crippen molar-refractivity contribution in [3.05, 3.63) is 29.3 Å². The number of hydrogen-bond acceptors (Lipinski definition) is 6. The fraction of sp³-hybridized carbons (Fsp3) is 0.630. The average Bonchev–Trinajstić information content (AvgIpc) is 3.13. The lowest BCUT2D eigenvalue weighted by Crippen LogP contribution is -2.52. The lowest BCUT2D eigenvalue weighted by Gasteiger charge is -2.33. The first-order valence-electron chi connectivity index (χ1n) is 13.2. The zero-order chi connectivity index (χ0) is 28.7. The van der Waals surface area contributed by atoms with Crippen molar-refractivity contribution in [3.8, 4) is 0 Å². The zero-order valence-electron chi connectivity index (χ0n) is 22.5. The summed E-state index contributed by atoms with van der Waals surface area (Å²) in [6.07, 6.45) is -0.258. The van der Waals surface area contributed by atoms with Gasteiger partial charge in [-0.15, -0.1) is 0 Å². The number of ether oxygens (including phenoxy) is 2. The predicted octanol–water partition coefficient (Wildman–Crippen LogP) is 3.77. The van der Waals surface area contributed by atoms with E-state index in [-0.39, 0.29) is 37.9 Å². The van der Waals surface area contributed by atoms with Crippen molar-refractivity contribution in [2.45, 2.75) is 76.6 Å². The van der Waals surface area contributed by atoms with Gasteiger partial charge in [-0.05, 0) is 81.0 Å². The molecule has 2 aliphatic rings. The van der Waals surface area contributed by atoms with Crippen molar-refractivity contribution in [2.75, 3.05) is 32.2 Å². The molecule has 3 rings (SSSR count). The van der Waals surface area contributed by atoms with Crippen LogP contribution in [0, 0.1) is 5.92 Å². The third-order valence-corrected chi connectivity index (χ3v) is 7.61. The Morgan fingerprint density at radius 3 is 2.26 bits per heavy atom. The number of anilines is 1. The monoisotopic (exact) mass is 555 g/mol. The maximum absolute atomic E-state index is 13.5. The Kier molecular flexibility index (Phi) is 10.2. The molecule has 0 spiro atoms. The molecule has 9 nitrogen and oxygen atoms in total. The van der Waals surface area contributed by atoms with Crippen molar-refractivity contribution in [3.63, 3.8) is 0 Å². The minimum Gasteiger partial charge on any atom is -0.469 e. The molecule has 3 amide bonds. The Labute approximate surface area is 226 Å². The summed E-state index contributed by atoms with van der Waals surface area (Å²) in [5.74, 6) is -2.35. The van der Waals surface area contributed by atoms with E-state index in [0.717, 1.165) is 42.6 Å². The van der Waals surface area contributed by atoms with Crippen LogP contribution in [0.5, 0.6) is 0 Å². The number of carbonyl (C=O) groups excluding carboxylic acids is 4. The first kappa shape index (κ1) is 30.2. The summed E-state index contributed by atoms with van der Waals surface area (Å²) in [6, 6.07) is 3.53. The van der Waals surface area contributed by atoms with Gasteiger partial charge in [-0.2, -0.15) is 13.2 Å². The molecule has 0 saturated heterocycles. The molecule has 1 N–H and O–H groups in total. The fourth-order valence-corrected chi connectivity index (χ4v) is 5.30. The number of alkyl halides is 3. The highest BCUT2D eigenvalue weighted by molar-refractivity contribution is 5.98. The third-order valence-electron chi connectivity index (χ3n) is 7.61. The maximum atomic E-state index is 13.5. The number of benzene rings is 1. The molecule has 1 aromatic carbocycles. The summed E-state index contributed by atoms with van der Waals surface area (Å²) in [4.78, 5) is 51.2. The highest BCUT2D eigenvalue weighted by Crippen LogP contribution is 2.30. The Morgan fingerprint density at radius 1 is 1.03 bits per heavy atom. The topological polar surface area (TPSA) is 105 Å². The molecule has 0 radical (unpaired) electrons. The van der Waals surface area contributed by atoms with Gasteiger partial charge in [0, 0.05) is 31.2 Å². The van der Waals surface area contributed by atoms with Gasteiger partial charge >= 0.3 is 30.1 Å². The Hall–Kier alpha value is -3.31. The van der Waals surface area contributed by atoms with Gasteiger partial charge in [0.25, 0.3) is 0 Å². The van der Waals surface area contributed by atoms with Crippen molar-refractivity contribution >= 4 is 29.6 Å². The van der Waals surface area contributed by atoms with Crippen molar-refractivity contribution in [2.24, 2.45) is 5.92 Å². The van der Waals surface area contributed by atoms with Gasteiger partial charge in [0.2, 0.25) is 0 Å². The molecule has 1 fully saturated rings. The molecule has 0 aromatic heterocycles. The van der Waals surface area contributed by atoms with E-state index >= 15 is 0 Å². The van der Waals surface area contributed by atoms with E-state index in [2.05, 4.69) is 5.32 Å². The number of fused-ring (bicyclic) bond motifs is 1. The Bertz CT molecular complexity index is 1060. The van der Waals surface area contributed by atoms with Gasteiger partial charge in [-0.1, -0.05) is 6.07 Å². The van der Waals surface area contributed by atoms with Crippen LogP contribution in [-0.4, -0.2) is 74.3 Å². The second-order valence-corrected chi connectivity index (χ2v) is 10.1. The molecule has 1 aromatic rings. The van der Waals surface area contributed by atoms with Crippen molar-refractivity contribution in [1.82, 2.24) is 10.2 Å². The number of esters is 2. The average molecular weight is 556 g/mol. The fourth-order valence-electron chi connectivity index (χ4n) is 5.30. The van der Waals surface area contributed by atoms with E-state index < -0.39 is 30.1 Å². The molecule has 216 valence electrons. The molecule has 0 bridgehead atoms. The van der Waals surface area contributed by atoms with Gasteiger partial charge in [0.05, 0.1) is 14.2 Å². The standard InChI is InChI=1S/C27H36F3N3O6/c1-17(24(35)39-3)33(26(37)31-21-8-4-18(5-9-21)6-11-23(34)38-2)22-10-7-19-12-14-32(15-13-20(19)16-22)25(36)27(28,29)30/h7,10,16-18,21H,4-6,8-9,11-15H2,1-3H3,(H,31,37). The summed E-state index contributed by atoms with van der Waals surface area (Å²) in [5.41, 5.74) is 1.91. The van der Waals surface area contributed by atoms with Gasteiger partial charge in [0.1, 0.15) is 6.04 Å². The normalized spacial score (nSPS) is 20.2.